The fraction of sp³-hybridized carbons (Fsp3) is 0.125. The predicted octanol–water partition coefficient (Wildman–Crippen LogP) is 5.39. The number of benzene rings is 3. The Kier molecular flexibility index (Phi) is 6.11. The Hall–Kier alpha value is -3.09. The molecule has 0 atom stereocenters. The molecule has 0 bridgehead atoms. The van der Waals surface area contributed by atoms with Gasteiger partial charge in [-0.05, 0) is 61.9 Å². The van der Waals surface area contributed by atoms with Crippen LogP contribution in [0.15, 0.2) is 76.7 Å². The Morgan fingerprint density at radius 3 is 2.55 bits per heavy atom. The Morgan fingerprint density at radius 1 is 1.06 bits per heavy atom. The summed E-state index contributed by atoms with van der Waals surface area (Å²) in [6.45, 7) is 3.97. The molecule has 0 saturated carbocycles. The van der Waals surface area contributed by atoms with Gasteiger partial charge in [-0.15, -0.1) is 0 Å². The molecule has 1 aromatic heterocycles. The van der Waals surface area contributed by atoms with Gasteiger partial charge in [-0.3, -0.25) is 14.2 Å². The Bertz CT molecular complexity index is 1330. The number of carbonyl (C=O) groups excluding carboxylic acids is 1. The second-order valence-electron chi connectivity index (χ2n) is 7.18. The van der Waals surface area contributed by atoms with Crippen LogP contribution in [0.1, 0.15) is 11.1 Å². The van der Waals surface area contributed by atoms with Crippen LogP contribution in [0.3, 0.4) is 0 Å². The third-order valence-electron chi connectivity index (χ3n) is 4.82. The van der Waals surface area contributed by atoms with E-state index in [2.05, 4.69) is 10.3 Å². The smallest absolute Gasteiger partial charge is 0.266 e. The summed E-state index contributed by atoms with van der Waals surface area (Å²) in [5, 5.41) is 4.47. The molecule has 156 valence electrons. The predicted molar refractivity (Wildman–Crippen MR) is 128 cm³/mol. The van der Waals surface area contributed by atoms with Crippen molar-refractivity contribution >= 4 is 45.9 Å². The van der Waals surface area contributed by atoms with Crippen molar-refractivity contribution in [3.8, 4) is 5.69 Å². The minimum atomic E-state index is -0.190. The van der Waals surface area contributed by atoms with Crippen LogP contribution in [0.4, 0.5) is 5.69 Å². The number of para-hydroxylation sites is 1. The largest absolute Gasteiger partial charge is 0.325 e. The van der Waals surface area contributed by atoms with Crippen molar-refractivity contribution < 1.29 is 4.79 Å². The number of carbonyl (C=O) groups is 1. The number of halogens is 1. The summed E-state index contributed by atoms with van der Waals surface area (Å²) in [5.41, 5.74) is 3.96. The monoisotopic (exact) mass is 449 g/mol. The molecule has 0 aliphatic carbocycles. The second-order valence-corrected chi connectivity index (χ2v) is 8.56. The Balaban J connectivity index is 1.66. The number of hydrogen-bond donors (Lipinski definition) is 1. The first-order chi connectivity index (χ1) is 14.9. The van der Waals surface area contributed by atoms with E-state index in [0.717, 1.165) is 16.8 Å². The number of aryl methyl sites for hydroxylation is 2. The number of amides is 1. The standard InChI is InChI=1S/C24H20ClN3O2S/c1-15-7-12-20(16(2)13-15)26-22(29)14-31-24-27-21-6-4-3-5-19(21)23(30)28(24)18-10-8-17(25)9-11-18/h3-13H,14H2,1-2H3,(H,26,29). The van der Waals surface area contributed by atoms with Crippen molar-refractivity contribution in [2.45, 2.75) is 19.0 Å². The SMILES string of the molecule is Cc1ccc(NC(=O)CSc2nc3ccccc3c(=O)n2-c2ccc(Cl)cc2)c(C)c1. The number of aromatic nitrogens is 2. The molecule has 1 heterocycles. The summed E-state index contributed by atoms with van der Waals surface area (Å²) in [6.07, 6.45) is 0. The summed E-state index contributed by atoms with van der Waals surface area (Å²) in [6, 6.07) is 20.0. The van der Waals surface area contributed by atoms with Crippen LogP contribution >= 0.6 is 23.4 Å². The highest BCUT2D eigenvalue weighted by atomic mass is 35.5. The van der Waals surface area contributed by atoms with Gasteiger partial charge >= 0.3 is 0 Å². The zero-order valence-corrected chi connectivity index (χ0v) is 18.6. The van der Waals surface area contributed by atoms with Crippen LogP contribution in [0.5, 0.6) is 0 Å². The number of nitrogens with zero attached hydrogens (tertiary/aromatic N) is 2. The van der Waals surface area contributed by atoms with Gasteiger partial charge in [0.2, 0.25) is 5.91 Å². The van der Waals surface area contributed by atoms with Gasteiger partial charge in [0.1, 0.15) is 0 Å². The molecule has 1 amide bonds. The first kappa shape index (κ1) is 21.2. The number of nitrogens with one attached hydrogen (secondary N) is 1. The molecule has 3 aromatic carbocycles. The van der Waals surface area contributed by atoms with E-state index >= 15 is 0 Å². The third-order valence-corrected chi connectivity index (χ3v) is 6.01. The van der Waals surface area contributed by atoms with Gasteiger partial charge in [0, 0.05) is 10.7 Å². The number of fused-ring (bicyclic) bond motifs is 1. The third kappa shape index (κ3) is 4.65. The van der Waals surface area contributed by atoms with Gasteiger partial charge in [-0.25, -0.2) is 4.98 Å². The van der Waals surface area contributed by atoms with Crippen molar-refractivity contribution in [3.63, 3.8) is 0 Å². The van der Waals surface area contributed by atoms with Gasteiger partial charge in [-0.1, -0.05) is 53.2 Å². The molecule has 0 aliphatic heterocycles. The maximum absolute atomic E-state index is 13.2. The van der Waals surface area contributed by atoms with Gasteiger partial charge in [0.15, 0.2) is 5.16 Å². The molecule has 31 heavy (non-hydrogen) atoms. The molecule has 5 nitrogen and oxygen atoms in total. The second kappa shape index (κ2) is 8.96. The first-order valence-electron chi connectivity index (χ1n) is 9.70. The minimum Gasteiger partial charge on any atom is -0.325 e. The highest BCUT2D eigenvalue weighted by Crippen LogP contribution is 2.23. The molecule has 0 unspecified atom stereocenters. The molecular weight excluding hydrogens is 430 g/mol. The summed E-state index contributed by atoms with van der Waals surface area (Å²) in [7, 11) is 0. The average Bonchev–Trinajstić information content (AvgIpc) is 2.75. The van der Waals surface area contributed by atoms with Crippen molar-refractivity contribution in [1.82, 2.24) is 9.55 Å². The topological polar surface area (TPSA) is 64.0 Å². The van der Waals surface area contributed by atoms with Crippen LogP contribution in [0, 0.1) is 13.8 Å². The lowest BCUT2D eigenvalue weighted by molar-refractivity contribution is -0.113. The van der Waals surface area contributed by atoms with Crippen molar-refractivity contribution in [3.05, 3.63) is 93.2 Å². The van der Waals surface area contributed by atoms with E-state index in [1.54, 1.807) is 36.4 Å². The molecule has 4 rings (SSSR count). The molecule has 0 radical (unpaired) electrons. The van der Waals surface area contributed by atoms with E-state index in [9.17, 15) is 9.59 Å². The number of anilines is 1. The van der Waals surface area contributed by atoms with Gasteiger partial charge in [-0.2, -0.15) is 0 Å². The van der Waals surface area contributed by atoms with Gasteiger partial charge in [0.05, 0.1) is 22.3 Å². The van der Waals surface area contributed by atoms with E-state index in [4.69, 9.17) is 11.6 Å². The van der Waals surface area contributed by atoms with Gasteiger partial charge in [0.25, 0.3) is 5.56 Å². The lowest BCUT2D eigenvalue weighted by Gasteiger charge is -2.14. The fourth-order valence-corrected chi connectivity index (χ4v) is 4.24. The van der Waals surface area contributed by atoms with Gasteiger partial charge < -0.3 is 5.32 Å². The summed E-state index contributed by atoms with van der Waals surface area (Å²) in [4.78, 5) is 30.5. The zero-order chi connectivity index (χ0) is 22.0. The van der Waals surface area contributed by atoms with Crippen LogP contribution in [0.25, 0.3) is 16.6 Å². The molecule has 0 saturated heterocycles. The lowest BCUT2D eigenvalue weighted by Crippen LogP contribution is -2.23. The number of hydrogen-bond acceptors (Lipinski definition) is 4. The van der Waals surface area contributed by atoms with E-state index < -0.39 is 0 Å². The van der Waals surface area contributed by atoms with Crippen LogP contribution in [-0.2, 0) is 4.79 Å². The summed E-state index contributed by atoms with van der Waals surface area (Å²) < 4.78 is 1.52. The molecule has 1 N–H and O–H groups in total. The highest BCUT2D eigenvalue weighted by molar-refractivity contribution is 7.99. The van der Waals surface area contributed by atoms with E-state index in [1.807, 2.05) is 44.2 Å². The molecule has 0 aliphatic rings. The zero-order valence-electron chi connectivity index (χ0n) is 17.1. The quantitative estimate of drug-likeness (QED) is 0.328. The van der Waals surface area contributed by atoms with Crippen LogP contribution in [-0.4, -0.2) is 21.2 Å². The molecule has 0 spiro atoms. The lowest BCUT2D eigenvalue weighted by atomic mass is 10.1. The molecule has 7 heteroatoms. The number of rotatable bonds is 5. The van der Waals surface area contributed by atoms with Crippen LogP contribution < -0.4 is 10.9 Å². The fourth-order valence-electron chi connectivity index (χ4n) is 3.30. The molecule has 4 aromatic rings. The van der Waals surface area contributed by atoms with Crippen LogP contribution in [0.2, 0.25) is 5.02 Å². The Morgan fingerprint density at radius 2 is 1.81 bits per heavy atom. The van der Waals surface area contributed by atoms with E-state index in [-0.39, 0.29) is 17.2 Å². The minimum absolute atomic E-state index is 0.117. The highest BCUT2D eigenvalue weighted by Gasteiger charge is 2.15. The summed E-state index contributed by atoms with van der Waals surface area (Å²) in [5.74, 6) is -0.0480. The van der Waals surface area contributed by atoms with Crippen molar-refractivity contribution in [2.75, 3.05) is 11.1 Å². The van der Waals surface area contributed by atoms with E-state index in [1.165, 1.54) is 16.3 Å². The average molecular weight is 450 g/mol. The normalized spacial score (nSPS) is 10.9. The maximum atomic E-state index is 13.2. The van der Waals surface area contributed by atoms with E-state index in [0.29, 0.717) is 26.8 Å². The first-order valence-corrected chi connectivity index (χ1v) is 11.1. The van der Waals surface area contributed by atoms with Crippen molar-refractivity contribution in [2.24, 2.45) is 0 Å². The molecular formula is C24H20ClN3O2S. The van der Waals surface area contributed by atoms with Crippen molar-refractivity contribution in [1.29, 1.82) is 0 Å². The maximum Gasteiger partial charge on any atom is 0.266 e. The Labute approximate surface area is 189 Å². The molecule has 0 fully saturated rings. The summed E-state index contributed by atoms with van der Waals surface area (Å²) >= 11 is 7.23. The number of thioether (sulfide) groups is 1.